The third-order valence-corrected chi connectivity index (χ3v) is 5.25. The molecule has 1 rings (SSSR count). The van der Waals surface area contributed by atoms with Gasteiger partial charge in [-0.2, -0.15) is 0 Å². The van der Waals surface area contributed by atoms with Crippen molar-refractivity contribution >= 4 is 44.8 Å². The fraction of sp³-hybridized carbons (Fsp3) is 0.583. The molecule has 0 saturated heterocycles. The number of carbonyl (C=O) groups is 1. The van der Waals surface area contributed by atoms with E-state index in [4.69, 9.17) is 11.6 Å². The highest BCUT2D eigenvalue weighted by molar-refractivity contribution is 9.09. The molecule has 0 radical (unpaired) electrons. The van der Waals surface area contributed by atoms with Gasteiger partial charge in [0.15, 0.2) is 0 Å². The smallest absolute Gasteiger partial charge is 0.262 e. The van der Waals surface area contributed by atoms with Gasteiger partial charge in [0.1, 0.15) is 4.88 Å². The lowest BCUT2D eigenvalue weighted by molar-refractivity contribution is 0.0956. The zero-order valence-electron chi connectivity index (χ0n) is 10.0. The van der Waals surface area contributed by atoms with Crippen LogP contribution in [0.3, 0.4) is 0 Å². The lowest BCUT2D eigenvalue weighted by Gasteiger charge is -2.19. The van der Waals surface area contributed by atoms with Gasteiger partial charge in [-0.1, -0.05) is 54.2 Å². The van der Waals surface area contributed by atoms with Crippen molar-refractivity contribution in [2.24, 2.45) is 5.92 Å². The van der Waals surface area contributed by atoms with Crippen LogP contribution in [0.5, 0.6) is 0 Å². The van der Waals surface area contributed by atoms with Gasteiger partial charge in [-0.25, -0.2) is 0 Å². The number of halogens is 2. The van der Waals surface area contributed by atoms with E-state index >= 15 is 0 Å². The number of hydrogen-bond donors (Lipinski definition) is 1. The summed E-state index contributed by atoms with van der Waals surface area (Å²) < 4.78 is 0. The predicted octanol–water partition coefficient (Wildman–Crippen LogP) is 4.33. The van der Waals surface area contributed by atoms with Crippen molar-refractivity contribution in [3.8, 4) is 0 Å². The number of thiophene rings is 1. The summed E-state index contributed by atoms with van der Waals surface area (Å²) in [6, 6.07) is 1.74. The maximum absolute atomic E-state index is 11.8. The maximum Gasteiger partial charge on any atom is 0.262 e. The van der Waals surface area contributed by atoms with Gasteiger partial charge in [-0.05, 0) is 17.4 Å². The first-order chi connectivity index (χ1) is 8.10. The van der Waals surface area contributed by atoms with E-state index in [1.165, 1.54) is 11.3 Å². The minimum Gasteiger partial charge on any atom is -0.350 e. The molecule has 1 atom stereocenters. The summed E-state index contributed by atoms with van der Waals surface area (Å²) in [6.45, 7) is 4.97. The molecule has 1 unspecified atom stereocenters. The molecular weight excluding hydrogens is 322 g/mol. The summed E-state index contributed by atoms with van der Waals surface area (Å²) in [4.78, 5) is 12.7. The fourth-order valence-corrected chi connectivity index (χ4v) is 3.66. The van der Waals surface area contributed by atoms with Crippen molar-refractivity contribution in [1.82, 2.24) is 5.32 Å². The van der Waals surface area contributed by atoms with E-state index in [2.05, 4.69) is 35.1 Å². The molecule has 1 N–H and O–H groups in total. The molecule has 1 aromatic rings. The maximum atomic E-state index is 11.8. The van der Waals surface area contributed by atoms with Gasteiger partial charge in [-0.15, -0.1) is 11.3 Å². The van der Waals surface area contributed by atoms with Crippen LogP contribution in [-0.2, 0) is 0 Å². The van der Waals surface area contributed by atoms with E-state index in [9.17, 15) is 4.79 Å². The molecule has 0 spiro atoms. The van der Waals surface area contributed by atoms with Crippen molar-refractivity contribution < 1.29 is 4.79 Å². The normalized spacial score (nSPS) is 12.8. The molecule has 1 heterocycles. The number of carbonyl (C=O) groups excluding carboxylic acids is 1. The van der Waals surface area contributed by atoms with Crippen molar-refractivity contribution in [2.45, 2.75) is 31.5 Å². The summed E-state index contributed by atoms with van der Waals surface area (Å²) >= 11 is 10.9. The first-order valence-electron chi connectivity index (χ1n) is 5.75. The molecule has 0 aromatic carbocycles. The van der Waals surface area contributed by atoms with E-state index in [-0.39, 0.29) is 5.91 Å². The second-order valence-corrected chi connectivity index (χ2v) is 6.40. The molecule has 1 aromatic heterocycles. The van der Waals surface area contributed by atoms with E-state index in [0.717, 1.165) is 12.8 Å². The fourth-order valence-electron chi connectivity index (χ4n) is 1.69. The van der Waals surface area contributed by atoms with Crippen molar-refractivity contribution in [1.29, 1.82) is 0 Å². The van der Waals surface area contributed by atoms with Gasteiger partial charge >= 0.3 is 0 Å². The van der Waals surface area contributed by atoms with Gasteiger partial charge < -0.3 is 5.32 Å². The Hall–Kier alpha value is -0.0600. The Labute approximate surface area is 120 Å². The molecule has 96 valence electrons. The summed E-state index contributed by atoms with van der Waals surface area (Å²) in [6.07, 6.45) is 2.23. The van der Waals surface area contributed by atoms with Crippen LogP contribution in [0.2, 0.25) is 5.02 Å². The van der Waals surface area contributed by atoms with Crippen LogP contribution in [0.15, 0.2) is 11.4 Å². The van der Waals surface area contributed by atoms with Crippen LogP contribution < -0.4 is 5.32 Å². The highest BCUT2D eigenvalue weighted by atomic mass is 79.9. The average molecular weight is 339 g/mol. The molecule has 0 saturated carbocycles. The minimum atomic E-state index is -0.0830. The van der Waals surface area contributed by atoms with Crippen molar-refractivity contribution in [3.05, 3.63) is 21.3 Å². The van der Waals surface area contributed by atoms with Crippen LogP contribution in [-0.4, -0.2) is 17.3 Å². The Bertz CT molecular complexity index is 365. The largest absolute Gasteiger partial charge is 0.350 e. The standard InChI is InChI=1S/C12H17BrClNOS/c1-3-8(4-2)9(13)7-15-12(16)11-10(14)5-6-17-11/h5-6,8-9H,3-4,7H2,1-2H3,(H,15,16). The van der Waals surface area contributed by atoms with E-state index in [1.54, 1.807) is 6.07 Å². The first kappa shape index (κ1) is 15.0. The Morgan fingerprint density at radius 1 is 1.53 bits per heavy atom. The zero-order valence-corrected chi connectivity index (χ0v) is 13.2. The third kappa shape index (κ3) is 4.27. The van der Waals surface area contributed by atoms with E-state index in [0.29, 0.717) is 27.2 Å². The molecule has 0 fully saturated rings. The topological polar surface area (TPSA) is 29.1 Å². The van der Waals surface area contributed by atoms with Crippen LogP contribution in [0.4, 0.5) is 0 Å². The Kier molecular flexibility index (Phi) is 6.52. The summed E-state index contributed by atoms with van der Waals surface area (Å²) in [5, 5.41) is 5.27. The van der Waals surface area contributed by atoms with Gasteiger partial charge in [0.05, 0.1) is 5.02 Å². The monoisotopic (exact) mass is 337 g/mol. The molecule has 1 amide bonds. The molecule has 0 aliphatic carbocycles. The van der Waals surface area contributed by atoms with Gasteiger partial charge in [0, 0.05) is 11.4 Å². The quantitative estimate of drug-likeness (QED) is 0.768. The zero-order chi connectivity index (χ0) is 12.8. The summed E-state index contributed by atoms with van der Waals surface area (Å²) in [5.41, 5.74) is 0. The van der Waals surface area contributed by atoms with Crippen LogP contribution >= 0.6 is 38.9 Å². The van der Waals surface area contributed by atoms with Gasteiger partial charge in [0.2, 0.25) is 0 Å². The first-order valence-corrected chi connectivity index (χ1v) is 7.92. The SMILES string of the molecule is CCC(CC)C(Br)CNC(=O)c1sccc1Cl. The molecule has 5 heteroatoms. The van der Waals surface area contributed by atoms with Crippen LogP contribution in [0.1, 0.15) is 36.4 Å². The van der Waals surface area contributed by atoms with Gasteiger partial charge in [-0.3, -0.25) is 4.79 Å². The second-order valence-electron chi connectivity index (χ2n) is 3.90. The number of hydrogen-bond acceptors (Lipinski definition) is 2. The van der Waals surface area contributed by atoms with Crippen molar-refractivity contribution in [2.75, 3.05) is 6.54 Å². The van der Waals surface area contributed by atoms with Gasteiger partial charge in [0.25, 0.3) is 5.91 Å². The molecule has 17 heavy (non-hydrogen) atoms. The lowest BCUT2D eigenvalue weighted by atomic mass is 9.99. The lowest BCUT2D eigenvalue weighted by Crippen LogP contribution is -2.32. The highest BCUT2D eigenvalue weighted by Gasteiger charge is 2.17. The van der Waals surface area contributed by atoms with Crippen molar-refractivity contribution in [3.63, 3.8) is 0 Å². The highest BCUT2D eigenvalue weighted by Crippen LogP contribution is 2.23. The summed E-state index contributed by atoms with van der Waals surface area (Å²) in [5.74, 6) is 0.509. The van der Waals surface area contributed by atoms with E-state index in [1.807, 2.05) is 5.38 Å². The summed E-state index contributed by atoms with van der Waals surface area (Å²) in [7, 11) is 0. The minimum absolute atomic E-state index is 0.0830. The molecule has 0 aliphatic rings. The Balaban J connectivity index is 2.46. The average Bonchev–Trinajstić information content (AvgIpc) is 2.74. The van der Waals surface area contributed by atoms with E-state index < -0.39 is 0 Å². The molecule has 0 aliphatic heterocycles. The molecular formula is C12H17BrClNOS. The molecule has 2 nitrogen and oxygen atoms in total. The third-order valence-electron chi connectivity index (χ3n) is 2.84. The number of nitrogens with one attached hydrogen (secondary N) is 1. The number of alkyl halides is 1. The molecule has 0 bridgehead atoms. The second kappa shape index (κ2) is 7.39. The van der Waals surface area contributed by atoms with Crippen LogP contribution in [0, 0.1) is 5.92 Å². The number of rotatable bonds is 6. The van der Waals surface area contributed by atoms with Crippen LogP contribution in [0.25, 0.3) is 0 Å². The number of amides is 1. The predicted molar refractivity (Wildman–Crippen MR) is 78.4 cm³/mol. The Morgan fingerprint density at radius 2 is 2.18 bits per heavy atom. The Morgan fingerprint density at radius 3 is 2.65 bits per heavy atom.